The summed E-state index contributed by atoms with van der Waals surface area (Å²) in [6.45, 7) is 12.2. The van der Waals surface area contributed by atoms with Crippen molar-refractivity contribution >= 4 is 17.6 Å². The lowest BCUT2D eigenvalue weighted by Crippen LogP contribution is -2.22. The Morgan fingerprint density at radius 2 is 1.55 bits per heavy atom. The molecule has 0 aliphatic heterocycles. The van der Waals surface area contributed by atoms with Gasteiger partial charge in [0.05, 0.1) is 10.6 Å². The van der Waals surface area contributed by atoms with Crippen LogP contribution in [0.2, 0.25) is 5.02 Å². The Kier molecular flexibility index (Phi) is 7.00. The first-order chi connectivity index (χ1) is 13.4. The fraction of sp³-hybridized carbons (Fsp3) is 0.458. The molecule has 29 heavy (non-hydrogen) atoms. The van der Waals surface area contributed by atoms with Crippen molar-refractivity contribution in [3.8, 4) is 5.75 Å². The van der Waals surface area contributed by atoms with Crippen molar-refractivity contribution in [2.24, 2.45) is 0 Å². The number of benzene rings is 2. The fourth-order valence-electron chi connectivity index (χ4n) is 3.03. The largest absolute Gasteiger partial charge is 0.507 e. The summed E-state index contributed by atoms with van der Waals surface area (Å²) >= 11 is 5.70. The van der Waals surface area contributed by atoms with E-state index in [0.717, 1.165) is 24.0 Å². The molecular weight excluding hydrogens is 391 g/mol. The van der Waals surface area contributed by atoms with Gasteiger partial charge in [0.1, 0.15) is 18.2 Å². The van der Waals surface area contributed by atoms with Gasteiger partial charge in [-0.25, -0.2) is 9.18 Å². The van der Waals surface area contributed by atoms with Crippen LogP contribution in [0.4, 0.5) is 4.39 Å². The predicted octanol–water partition coefficient (Wildman–Crippen LogP) is 6.92. The Labute approximate surface area is 177 Å². The van der Waals surface area contributed by atoms with Crippen LogP contribution in [0.25, 0.3) is 0 Å². The summed E-state index contributed by atoms with van der Waals surface area (Å²) in [4.78, 5) is 12.8. The molecule has 0 aliphatic carbocycles. The molecule has 2 rings (SSSR count). The van der Waals surface area contributed by atoms with Gasteiger partial charge in [-0.15, -0.1) is 0 Å². The van der Waals surface area contributed by atoms with E-state index in [1.165, 1.54) is 12.1 Å². The van der Waals surface area contributed by atoms with Gasteiger partial charge in [-0.05, 0) is 53.5 Å². The zero-order chi connectivity index (χ0) is 22.0. The molecular formula is C24H30ClFO3. The first-order valence-electron chi connectivity index (χ1n) is 9.92. The zero-order valence-electron chi connectivity index (χ0n) is 18.0. The molecule has 0 fully saturated rings. The van der Waals surface area contributed by atoms with E-state index in [2.05, 4.69) is 0 Å². The highest BCUT2D eigenvalue weighted by molar-refractivity contribution is 6.30. The van der Waals surface area contributed by atoms with Crippen LogP contribution in [-0.4, -0.2) is 11.1 Å². The lowest BCUT2D eigenvalue weighted by molar-refractivity contribution is 0.0472. The average molecular weight is 421 g/mol. The number of hydrogen-bond acceptors (Lipinski definition) is 3. The zero-order valence-corrected chi connectivity index (χ0v) is 18.8. The minimum absolute atomic E-state index is 0.0245. The SMILES string of the molecule is CCC(C)(C)c1cc(C(=O)OCc2ccc(Cl)c(F)c2)cc(C(C)(C)CC)c1O. The summed E-state index contributed by atoms with van der Waals surface area (Å²) in [5, 5.41) is 11.0. The van der Waals surface area contributed by atoms with Gasteiger partial charge in [0.2, 0.25) is 0 Å². The smallest absolute Gasteiger partial charge is 0.338 e. The first-order valence-corrected chi connectivity index (χ1v) is 10.3. The van der Waals surface area contributed by atoms with Crippen molar-refractivity contribution in [1.82, 2.24) is 0 Å². The van der Waals surface area contributed by atoms with Crippen LogP contribution in [0.15, 0.2) is 30.3 Å². The first kappa shape index (κ1) is 23.2. The van der Waals surface area contributed by atoms with Crippen molar-refractivity contribution < 1.29 is 19.0 Å². The molecule has 0 saturated heterocycles. The second-order valence-electron chi connectivity index (χ2n) is 8.72. The number of halogens is 2. The van der Waals surface area contributed by atoms with Crippen molar-refractivity contribution in [3.05, 3.63) is 63.4 Å². The third-order valence-electron chi connectivity index (χ3n) is 5.93. The topological polar surface area (TPSA) is 46.5 Å². The molecule has 0 saturated carbocycles. The van der Waals surface area contributed by atoms with Gasteiger partial charge in [-0.2, -0.15) is 0 Å². The van der Waals surface area contributed by atoms with Crippen LogP contribution in [0, 0.1) is 5.82 Å². The van der Waals surface area contributed by atoms with Crippen molar-refractivity contribution in [3.63, 3.8) is 0 Å². The molecule has 158 valence electrons. The molecule has 3 nitrogen and oxygen atoms in total. The summed E-state index contributed by atoms with van der Waals surface area (Å²) in [6.07, 6.45) is 1.60. The maximum absolute atomic E-state index is 13.6. The second-order valence-corrected chi connectivity index (χ2v) is 9.13. The van der Waals surface area contributed by atoms with Crippen LogP contribution in [0.5, 0.6) is 5.75 Å². The molecule has 0 bridgehead atoms. The predicted molar refractivity (Wildman–Crippen MR) is 115 cm³/mol. The highest BCUT2D eigenvalue weighted by atomic mass is 35.5. The number of phenols is 1. The molecule has 0 atom stereocenters. The van der Waals surface area contributed by atoms with Gasteiger partial charge in [0.25, 0.3) is 0 Å². The van der Waals surface area contributed by atoms with Gasteiger partial charge >= 0.3 is 5.97 Å². The standard InChI is InChI=1S/C24H30ClFO3/c1-7-23(3,4)17-12-16(13-18(21(17)27)24(5,6)8-2)22(28)29-14-15-9-10-19(25)20(26)11-15/h9-13,27H,7-8,14H2,1-6H3. The summed E-state index contributed by atoms with van der Waals surface area (Å²) in [7, 11) is 0. The normalized spacial score (nSPS) is 12.1. The van der Waals surface area contributed by atoms with Crippen LogP contribution >= 0.6 is 11.6 Å². The lowest BCUT2D eigenvalue weighted by Gasteiger charge is -2.31. The average Bonchev–Trinajstić information content (AvgIpc) is 2.68. The molecule has 0 heterocycles. The van der Waals surface area contributed by atoms with Crippen molar-refractivity contribution in [2.75, 3.05) is 0 Å². The Balaban J connectivity index is 2.42. The number of rotatable bonds is 7. The molecule has 5 heteroatoms. The maximum atomic E-state index is 13.6. The number of ether oxygens (including phenoxy) is 1. The second kappa shape index (κ2) is 8.74. The molecule has 2 aromatic carbocycles. The van der Waals surface area contributed by atoms with E-state index in [0.29, 0.717) is 11.1 Å². The molecule has 0 spiro atoms. The number of esters is 1. The van der Waals surface area contributed by atoms with E-state index < -0.39 is 11.8 Å². The number of phenolic OH excluding ortho intramolecular Hbond substituents is 1. The van der Waals surface area contributed by atoms with Crippen LogP contribution < -0.4 is 0 Å². The molecule has 1 N–H and O–H groups in total. The van der Waals surface area contributed by atoms with E-state index in [1.54, 1.807) is 18.2 Å². The van der Waals surface area contributed by atoms with E-state index in [4.69, 9.17) is 16.3 Å². The molecule has 0 aliphatic rings. The molecule has 0 amide bonds. The van der Waals surface area contributed by atoms with Crippen LogP contribution in [0.3, 0.4) is 0 Å². The Bertz CT molecular complexity index is 866. The summed E-state index contributed by atoms with van der Waals surface area (Å²) in [6, 6.07) is 7.72. The number of aromatic hydroxyl groups is 1. The minimum Gasteiger partial charge on any atom is -0.507 e. The quantitative estimate of drug-likeness (QED) is 0.494. The van der Waals surface area contributed by atoms with Gasteiger partial charge in [0.15, 0.2) is 0 Å². The minimum atomic E-state index is -0.552. The summed E-state index contributed by atoms with van der Waals surface area (Å²) in [5.41, 5.74) is 1.73. The molecule has 2 aromatic rings. The third-order valence-corrected chi connectivity index (χ3v) is 6.23. The van der Waals surface area contributed by atoms with Crippen LogP contribution in [0.1, 0.15) is 81.4 Å². The number of carbonyl (C=O) groups is 1. The molecule has 0 unspecified atom stereocenters. The highest BCUT2D eigenvalue weighted by Gasteiger charge is 2.31. The van der Waals surface area contributed by atoms with Crippen molar-refractivity contribution in [1.29, 1.82) is 0 Å². The van der Waals surface area contributed by atoms with E-state index in [-0.39, 0.29) is 28.2 Å². The fourth-order valence-corrected chi connectivity index (χ4v) is 3.14. The van der Waals surface area contributed by atoms with E-state index in [9.17, 15) is 14.3 Å². The van der Waals surface area contributed by atoms with Crippen molar-refractivity contribution in [2.45, 2.75) is 71.8 Å². The Hall–Kier alpha value is -2.07. The molecule has 0 radical (unpaired) electrons. The van der Waals surface area contributed by atoms with Gasteiger partial charge < -0.3 is 9.84 Å². The Morgan fingerprint density at radius 1 is 1.03 bits per heavy atom. The summed E-state index contributed by atoms with van der Waals surface area (Å²) in [5.74, 6) is -0.828. The van der Waals surface area contributed by atoms with Gasteiger partial charge in [-0.1, -0.05) is 59.2 Å². The lowest BCUT2D eigenvalue weighted by atomic mass is 9.75. The maximum Gasteiger partial charge on any atom is 0.338 e. The summed E-state index contributed by atoms with van der Waals surface area (Å²) < 4.78 is 19.0. The molecule has 0 aromatic heterocycles. The van der Waals surface area contributed by atoms with E-state index in [1.807, 2.05) is 41.5 Å². The van der Waals surface area contributed by atoms with E-state index >= 15 is 0 Å². The van der Waals surface area contributed by atoms with Crippen LogP contribution in [-0.2, 0) is 22.2 Å². The Morgan fingerprint density at radius 3 is 2.00 bits per heavy atom. The third kappa shape index (κ3) is 5.11. The number of hydrogen-bond donors (Lipinski definition) is 1. The van der Waals surface area contributed by atoms with Gasteiger partial charge in [0, 0.05) is 11.1 Å². The van der Waals surface area contributed by atoms with Gasteiger partial charge in [-0.3, -0.25) is 0 Å². The monoisotopic (exact) mass is 420 g/mol. The number of carbonyl (C=O) groups excluding carboxylic acids is 1. The highest BCUT2D eigenvalue weighted by Crippen LogP contribution is 2.42.